The molecule has 114 valence electrons. The van der Waals surface area contributed by atoms with E-state index in [0.717, 1.165) is 35.3 Å². The van der Waals surface area contributed by atoms with Crippen molar-refractivity contribution in [3.8, 4) is 0 Å². The summed E-state index contributed by atoms with van der Waals surface area (Å²) in [5, 5.41) is 8.39. The van der Waals surface area contributed by atoms with Crippen LogP contribution in [0.1, 0.15) is 21.3 Å². The maximum Gasteiger partial charge on any atom is 0.193 e. The lowest BCUT2D eigenvalue weighted by Crippen LogP contribution is -2.39. The average Bonchev–Trinajstić information content (AvgIpc) is 3.05. The molecule has 0 amide bonds. The number of aliphatic imine (C=N–C) groups is 1. The lowest BCUT2D eigenvalue weighted by Gasteiger charge is -2.20. The summed E-state index contributed by atoms with van der Waals surface area (Å²) in [7, 11) is 3.76. The van der Waals surface area contributed by atoms with Crippen LogP contribution < -0.4 is 5.32 Å². The molecule has 0 aliphatic carbocycles. The summed E-state index contributed by atoms with van der Waals surface area (Å²) in [5.41, 5.74) is 2.01. The number of hydrogen-bond donors (Lipinski definition) is 1. The first-order valence-corrected chi connectivity index (χ1v) is 7.65. The van der Waals surface area contributed by atoms with E-state index in [2.05, 4.69) is 27.4 Å². The topological polar surface area (TPSA) is 66.6 Å². The van der Waals surface area contributed by atoms with E-state index in [-0.39, 0.29) is 0 Å². The fraction of sp³-hybridized carbons (Fsp3) is 0.500. The van der Waals surface area contributed by atoms with Crippen LogP contribution in [-0.4, -0.2) is 41.6 Å². The van der Waals surface area contributed by atoms with Crippen molar-refractivity contribution in [2.75, 3.05) is 20.6 Å². The van der Waals surface area contributed by atoms with Crippen molar-refractivity contribution < 1.29 is 4.52 Å². The van der Waals surface area contributed by atoms with Crippen molar-refractivity contribution in [3.05, 3.63) is 33.6 Å². The Labute approximate surface area is 128 Å². The summed E-state index contributed by atoms with van der Waals surface area (Å²) in [6.45, 7) is 5.59. The molecule has 2 heterocycles. The third-order valence-corrected chi connectivity index (χ3v) is 4.23. The molecule has 0 atom stereocenters. The molecule has 0 saturated carbocycles. The van der Waals surface area contributed by atoms with E-state index in [0.29, 0.717) is 6.54 Å². The Morgan fingerprint density at radius 3 is 2.86 bits per heavy atom. The van der Waals surface area contributed by atoms with Crippen molar-refractivity contribution in [2.45, 2.75) is 26.8 Å². The van der Waals surface area contributed by atoms with Crippen molar-refractivity contribution in [3.63, 3.8) is 0 Å². The van der Waals surface area contributed by atoms with Gasteiger partial charge in [-0.25, -0.2) is 4.98 Å². The summed E-state index contributed by atoms with van der Waals surface area (Å²) < 4.78 is 4.84. The first kappa shape index (κ1) is 15.5. The van der Waals surface area contributed by atoms with E-state index in [9.17, 15) is 0 Å². The van der Waals surface area contributed by atoms with Crippen LogP contribution in [0.2, 0.25) is 0 Å². The van der Waals surface area contributed by atoms with Crippen LogP contribution in [0.5, 0.6) is 0 Å². The summed E-state index contributed by atoms with van der Waals surface area (Å²) in [4.78, 5) is 12.1. The first-order valence-electron chi connectivity index (χ1n) is 6.84. The van der Waals surface area contributed by atoms with Crippen LogP contribution in [0.25, 0.3) is 0 Å². The van der Waals surface area contributed by atoms with E-state index in [4.69, 9.17) is 4.52 Å². The molecule has 0 aliphatic rings. The lowest BCUT2D eigenvalue weighted by atomic mass is 10.3. The Balaban J connectivity index is 1.84. The summed E-state index contributed by atoms with van der Waals surface area (Å²) in [6.07, 6.45) is 2.53. The molecule has 6 nitrogen and oxygen atoms in total. The third-order valence-electron chi connectivity index (χ3n) is 3.10. The zero-order chi connectivity index (χ0) is 15.2. The fourth-order valence-corrected chi connectivity index (χ4v) is 3.05. The molecule has 0 aliphatic heterocycles. The number of nitrogens with zero attached hydrogens (tertiary/aromatic N) is 4. The van der Waals surface area contributed by atoms with Crippen LogP contribution in [0.15, 0.2) is 21.8 Å². The molecule has 0 aromatic carbocycles. The van der Waals surface area contributed by atoms with Gasteiger partial charge in [0.25, 0.3) is 0 Å². The van der Waals surface area contributed by atoms with E-state index in [1.165, 1.54) is 4.88 Å². The molecule has 2 aromatic rings. The number of aryl methyl sites for hydroxylation is 2. The molecular formula is C14H21N5OS. The van der Waals surface area contributed by atoms with Crippen molar-refractivity contribution in [1.29, 1.82) is 0 Å². The van der Waals surface area contributed by atoms with Gasteiger partial charge in [-0.3, -0.25) is 4.99 Å². The van der Waals surface area contributed by atoms with E-state index >= 15 is 0 Å². The molecule has 2 aromatic heterocycles. The number of guanidine groups is 1. The molecule has 0 unspecified atom stereocenters. The number of hydrogen-bond acceptors (Lipinski definition) is 5. The predicted molar refractivity (Wildman–Crippen MR) is 84.6 cm³/mol. The molecule has 7 heteroatoms. The van der Waals surface area contributed by atoms with Gasteiger partial charge in [0.2, 0.25) is 0 Å². The number of rotatable bonds is 5. The highest BCUT2D eigenvalue weighted by atomic mass is 32.1. The SMILES string of the molecule is CN=C(NCCc1sc(C)nc1C)N(C)Cc1ccon1. The van der Waals surface area contributed by atoms with Gasteiger partial charge in [0, 0.05) is 38.0 Å². The Hall–Kier alpha value is -1.89. The van der Waals surface area contributed by atoms with Crippen LogP contribution >= 0.6 is 11.3 Å². The summed E-state index contributed by atoms with van der Waals surface area (Å²) >= 11 is 1.76. The van der Waals surface area contributed by atoms with Gasteiger partial charge in [-0.1, -0.05) is 5.16 Å². The highest BCUT2D eigenvalue weighted by molar-refractivity contribution is 7.11. The molecule has 0 saturated heterocycles. The van der Waals surface area contributed by atoms with E-state index in [1.807, 2.05) is 24.9 Å². The zero-order valence-corrected chi connectivity index (χ0v) is 13.7. The van der Waals surface area contributed by atoms with Crippen molar-refractivity contribution in [1.82, 2.24) is 20.4 Å². The second-order valence-corrected chi connectivity index (χ2v) is 6.10. The Morgan fingerprint density at radius 1 is 1.48 bits per heavy atom. The molecule has 0 radical (unpaired) electrons. The maximum atomic E-state index is 4.84. The fourth-order valence-electron chi connectivity index (χ4n) is 2.11. The van der Waals surface area contributed by atoms with Crippen LogP contribution in [0.4, 0.5) is 0 Å². The highest BCUT2D eigenvalue weighted by Gasteiger charge is 2.09. The standard InChI is InChI=1S/C14H21N5OS/c1-10-13(21-11(2)17-10)5-7-16-14(15-3)19(4)9-12-6-8-20-18-12/h6,8H,5,7,9H2,1-4H3,(H,15,16). The van der Waals surface area contributed by atoms with E-state index in [1.54, 1.807) is 24.6 Å². The van der Waals surface area contributed by atoms with Gasteiger partial charge >= 0.3 is 0 Å². The maximum absolute atomic E-state index is 4.84. The van der Waals surface area contributed by atoms with Gasteiger partial charge in [0.05, 0.1) is 17.2 Å². The Bertz CT molecular complexity index is 591. The smallest absolute Gasteiger partial charge is 0.193 e. The molecular weight excluding hydrogens is 286 g/mol. The lowest BCUT2D eigenvalue weighted by molar-refractivity contribution is 0.391. The number of thiazole rings is 1. The van der Waals surface area contributed by atoms with Gasteiger partial charge in [-0.05, 0) is 13.8 Å². The summed E-state index contributed by atoms with van der Waals surface area (Å²) in [6, 6.07) is 1.85. The Kier molecular flexibility index (Phi) is 5.32. The van der Waals surface area contributed by atoms with Crippen molar-refractivity contribution >= 4 is 17.3 Å². The predicted octanol–water partition coefficient (Wildman–Crippen LogP) is 2.00. The summed E-state index contributed by atoms with van der Waals surface area (Å²) in [5.74, 6) is 0.844. The second kappa shape index (κ2) is 7.21. The second-order valence-electron chi connectivity index (χ2n) is 4.81. The monoisotopic (exact) mass is 307 g/mol. The molecule has 21 heavy (non-hydrogen) atoms. The number of nitrogens with one attached hydrogen (secondary N) is 1. The van der Waals surface area contributed by atoms with E-state index < -0.39 is 0 Å². The van der Waals surface area contributed by atoms with Crippen LogP contribution in [-0.2, 0) is 13.0 Å². The van der Waals surface area contributed by atoms with Gasteiger partial charge in [0.15, 0.2) is 5.96 Å². The Morgan fingerprint density at radius 2 is 2.29 bits per heavy atom. The largest absolute Gasteiger partial charge is 0.364 e. The minimum atomic E-state index is 0.662. The minimum Gasteiger partial charge on any atom is -0.364 e. The first-order chi connectivity index (χ1) is 10.1. The third kappa shape index (κ3) is 4.29. The van der Waals surface area contributed by atoms with Gasteiger partial charge in [-0.15, -0.1) is 11.3 Å². The molecule has 2 rings (SSSR count). The molecule has 0 spiro atoms. The number of aromatic nitrogens is 2. The van der Waals surface area contributed by atoms with Gasteiger partial charge < -0.3 is 14.7 Å². The molecule has 1 N–H and O–H groups in total. The van der Waals surface area contributed by atoms with Gasteiger partial charge in [-0.2, -0.15) is 0 Å². The normalized spacial score (nSPS) is 11.7. The van der Waals surface area contributed by atoms with Crippen molar-refractivity contribution in [2.24, 2.45) is 4.99 Å². The quantitative estimate of drug-likeness (QED) is 0.676. The minimum absolute atomic E-state index is 0.662. The average molecular weight is 307 g/mol. The van der Waals surface area contributed by atoms with Crippen LogP contribution in [0.3, 0.4) is 0 Å². The van der Waals surface area contributed by atoms with Gasteiger partial charge in [0.1, 0.15) is 12.0 Å². The molecule has 0 bridgehead atoms. The molecule has 0 fully saturated rings. The van der Waals surface area contributed by atoms with Crippen LogP contribution in [0, 0.1) is 13.8 Å². The zero-order valence-electron chi connectivity index (χ0n) is 12.9. The highest BCUT2D eigenvalue weighted by Crippen LogP contribution is 2.17.